The van der Waals surface area contributed by atoms with Crippen LogP contribution in [0, 0.1) is 11.7 Å². The summed E-state index contributed by atoms with van der Waals surface area (Å²) in [6.07, 6.45) is 2.12. The maximum absolute atomic E-state index is 13.4. The lowest BCUT2D eigenvalue weighted by atomic mass is 10.0. The van der Waals surface area contributed by atoms with E-state index in [2.05, 4.69) is 5.32 Å². The lowest BCUT2D eigenvalue weighted by molar-refractivity contribution is -0.122. The smallest absolute Gasteiger partial charge is 0.220 e. The Balaban J connectivity index is 2.17. The fourth-order valence-corrected chi connectivity index (χ4v) is 2.32. The van der Waals surface area contributed by atoms with Crippen molar-refractivity contribution in [1.29, 1.82) is 0 Å². The van der Waals surface area contributed by atoms with Crippen molar-refractivity contribution in [3.8, 4) is 5.75 Å². The van der Waals surface area contributed by atoms with Gasteiger partial charge in [-0.2, -0.15) is 0 Å². The number of fused-ring (bicyclic) bond motifs is 1. The summed E-state index contributed by atoms with van der Waals surface area (Å²) < 4.78 is 19.0. The van der Waals surface area contributed by atoms with Gasteiger partial charge in [-0.05, 0) is 37.0 Å². The second-order valence-electron chi connectivity index (χ2n) is 5.39. The monoisotopic (exact) mass is 265 g/mol. The standard InChI is InChI=1S/C15H20FNO2/c1-10(2)8-15(18)17-13-4-3-7-19-14-6-5-11(16)9-12(13)14/h5-6,9-10,13H,3-4,7-8H2,1-2H3,(H,17,18). The zero-order valence-electron chi connectivity index (χ0n) is 11.4. The van der Waals surface area contributed by atoms with E-state index in [1.807, 2.05) is 13.8 Å². The van der Waals surface area contributed by atoms with Crippen LogP contribution in [0.2, 0.25) is 0 Å². The van der Waals surface area contributed by atoms with Crippen molar-refractivity contribution in [1.82, 2.24) is 5.32 Å². The zero-order chi connectivity index (χ0) is 13.8. The highest BCUT2D eigenvalue weighted by atomic mass is 19.1. The molecule has 4 heteroatoms. The van der Waals surface area contributed by atoms with Gasteiger partial charge in [0.25, 0.3) is 0 Å². The van der Waals surface area contributed by atoms with Crippen molar-refractivity contribution >= 4 is 5.91 Å². The summed E-state index contributed by atoms with van der Waals surface area (Å²) in [5, 5.41) is 2.99. The van der Waals surface area contributed by atoms with Gasteiger partial charge in [0.1, 0.15) is 11.6 Å². The molecule has 0 saturated carbocycles. The van der Waals surface area contributed by atoms with Gasteiger partial charge in [-0.15, -0.1) is 0 Å². The molecule has 2 rings (SSSR count). The first-order valence-electron chi connectivity index (χ1n) is 6.78. The average molecular weight is 265 g/mol. The molecule has 0 radical (unpaired) electrons. The lowest BCUT2D eigenvalue weighted by Gasteiger charge is -2.19. The van der Waals surface area contributed by atoms with Crippen LogP contribution < -0.4 is 10.1 Å². The van der Waals surface area contributed by atoms with Gasteiger partial charge in [0.05, 0.1) is 12.6 Å². The van der Waals surface area contributed by atoms with Crippen LogP contribution in [-0.4, -0.2) is 12.5 Å². The topological polar surface area (TPSA) is 38.3 Å². The molecule has 0 aliphatic carbocycles. The minimum atomic E-state index is -0.299. The van der Waals surface area contributed by atoms with Gasteiger partial charge in [-0.3, -0.25) is 4.79 Å². The Morgan fingerprint density at radius 3 is 3.05 bits per heavy atom. The molecule has 1 heterocycles. The fourth-order valence-electron chi connectivity index (χ4n) is 2.32. The largest absolute Gasteiger partial charge is 0.493 e. The van der Waals surface area contributed by atoms with Gasteiger partial charge in [-0.1, -0.05) is 13.8 Å². The highest BCUT2D eigenvalue weighted by Gasteiger charge is 2.22. The van der Waals surface area contributed by atoms with Crippen LogP contribution >= 0.6 is 0 Å². The predicted octanol–water partition coefficient (Wildman–Crippen LogP) is 3.20. The molecular weight excluding hydrogens is 245 g/mol. The van der Waals surface area contributed by atoms with E-state index < -0.39 is 0 Å². The number of carbonyl (C=O) groups is 1. The Hall–Kier alpha value is -1.58. The number of ether oxygens (including phenoxy) is 1. The maximum atomic E-state index is 13.4. The van der Waals surface area contributed by atoms with Crippen LogP contribution in [0.4, 0.5) is 4.39 Å². The molecular formula is C15H20FNO2. The summed E-state index contributed by atoms with van der Waals surface area (Å²) in [6, 6.07) is 4.33. The van der Waals surface area contributed by atoms with Crippen molar-refractivity contribution < 1.29 is 13.9 Å². The molecule has 1 aliphatic heterocycles. The minimum Gasteiger partial charge on any atom is -0.493 e. The molecule has 1 aromatic carbocycles. The van der Waals surface area contributed by atoms with Crippen molar-refractivity contribution in [2.45, 2.75) is 39.2 Å². The summed E-state index contributed by atoms with van der Waals surface area (Å²) in [6.45, 7) is 4.61. The molecule has 0 bridgehead atoms. The van der Waals surface area contributed by atoms with Gasteiger partial charge >= 0.3 is 0 Å². The summed E-state index contributed by atoms with van der Waals surface area (Å²) in [4.78, 5) is 11.9. The van der Waals surface area contributed by atoms with Gasteiger partial charge in [0, 0.05) is 12.0 Å². The highest BCUT2D eigenvalue weighted by molar-refractivity contribution is 5.76. The number of halogens is 1. The Kier molecular flexibility index (Phi) is 4.40. The first-order valence-corrected chi connectivity index (χ1v) is 6.78. The Bertz CT molecular complexity index is 459. The SMILES string of the molecule is CC(C)CC(=O)NC1CCCOc2ccc(F)cc21. The Labute approximate surface area is 113 Å². The van der Waals surface area contributed by atoms with Gasteiger partial charge < -0.3 is 10.1 Å². The molecule has 0 saturated heterocycles. The number of hydrogen-bond donors (Lipinski definition) is 1. The zero-order valence-corrected chi connectivity index (χ0v) is 11.4. The molecule has 1 aromatic rings. The molecule has 1 aliphatic rings. The molecule has 1 amide bonds. The van der Waals surface area contributed by atoms with E-state index in [0.29, 0.717) is 24.7 Å². The van der Waals surface area contributed by atoms with Crippen molar-refractivity contribution in [3.05, 3.63) is 29.6 Å². The van der Waals surface area contributed by atoms with Crippen LogP contribution in [-0.2, 0) is 4.79 Å². The van der Waals surface area contributed by atoms with Gasteiger partial charge in [0.2, 0.25) is 5.91 Å². The van der Waals surface area contributed by atoms with Crippen LogP contribution in [0.15, 0.2) is 18.2 Å². The van der Waals surface area contributed by atoms with E-state index in [1.165, 1.54) is 12.1 Å². The average Bonchev–Trinajstić information content (AvgIpc) is 2.51. The third-order valence-corrected chi connectivity index (χ3v) is 3.17. The highest BCUT2D eigenvalue weighted by Crippen LogP contribution is 2.32. The molecule has 1 atom stereocenters. The lowest BCUT2D eigenvalue weighted by Crippen LogP contribution is -2.29. The first kappa shape index (κ1) is 13.8. The Morgan fingerprint density at radius 2 is 2.32 bits per heavy atom. The summed E-state index contributed by atoms with van der Waals surface area (Å²) in [7, 11) is 0. The first-order chi connectivity index (χ1) is 9.06. The van der Waals surface area contributed by atoms with E-state index in [1.54, 1.807) is 6.07 Å². The van der Waals surface area contributed by atoms with Gasteiger partial charge in [0.15, 0.2) is 0 Å². The molecule has 3 nitrogen and oxygen atoms in total. The number of carbonyl (C=O) groups excluding carboxylic acids is 1. The summed E-state index contributed by atoms with van der Waals surface area (Å²) in [5.74, 6) is 0.701. The van der Waals surface area contributed by atoms with Crippen LogP contribution in [0.3, 0.4) is 0 Å². The number of hydrogen-bond acceptors (Lipinski definition) is 2. The number of nitrogens with one attached hydrogen (secondary N) is 1. The predicted molar refractivity (Wildman–Crippen MR) is 71.5 cm³/mol. The summed E-state index contributed by atoms with van der Waals surface area (Å²) >= 11 is 0. The van der Waals surface area contributed by atoms with Crippen molar-refractivity contribution in [2.24, 2.45) is 5.92 Å². The number of benzene rings is 1. The van der Waals surface area contributed by atoms with Crippen LogP contribution in [0.5, 0.6) is 5.75 Å². The van der Waals surface area contributed by atoms with E-state index in [9.17, 15) is 9.18 Å². The van der Waals surface area contributed by atoms with E-state index in [0.717, 1.165) is 18.4 Å². The molecule has 1 unspecified atom stereocenters. The van der Waals surface area contributed by atoms with Crippen molar-refractivity contribution in [3.63, 3.8) is 0 Å². The number of rotatable bonds is 3. The molecule has 104 valence electrons. The van der Waals surface area contributed by atoms with Crippen molar-refractivity contribution in [2.75, 3.05) is 6.61 Å². The van der Waals surface area contributed by atoms with Gasteiger partial charge in [-0.25, -0.2) is 4.39 Å². The molecule has 19 heavy (non-hydrogen) atoms. The fraction of sp³-hybridized carbons (Fsp3) is 0.533. The Morgan fingerprint density at radius 1 is 1.53 bits per heavy atom. The third kappa shape index (κ3) is 3.69. The maximum Gasteiger partial charge on any atom is 0.220 e. The second-order valence-corrected chi connectivity index (χ2v) is 5.39. The number of amides is 1. The summed E-state index contributed by atoms with van der Waals surface area (Å²) in [5.41, 5.74) is 0.745. The van der Waals surface area contributed by atoms with E-state index in [-0.39, 0.29) is 17.8 Å². The normalized spacial score (nSPS) is 18.4. The molecule has 0 fully saturated rings. The second kappa shape index (κ2) is 6.04. The molecule has 1 N–H and O–H groups in total. The minimum absolute atomic E-state index is 0.0112. The van der Waals surface area contributed by atoms with Crippen LogP contribution in [0.1, 0.15) is 44.7 Å². The van der Waals surface area contributed by atoms with E-state index in [4.69, 9.17) is 4.74 Å². The van der Waals surface area contributed by atoms with E-state index >= 15 is 0 Å². The molecule has 0 spiro atoms. The van der Waals surface area contributed by atoms with Crippen LogP contribution in [0.25, 0.3) is 0 Å². The molecule has 0 aromatic heterocycles. The quantitative estimate of drug-likeness (QED) is 0.911. The third-order valence-electron chi connectivity index (χ3n) is 3.17.